The van der Waals surface area contributed by atoms with Gasteiger partial charge in [0, 0.05) is 36.2 Å². The molecule has 0 saturated carbocycles. The molecule has 3 aromatic carbocycles. The Morgan fingerprint density at radius 3 is 2.67 bits per heavy atom. The lowest BCUT2D eigenvalue weighted by atomic mass is 10.0. The summed E-state index contributed by atoms with van der Waals surface area (Å²) in [4.78, 5) is 15.8. The van der Waals surface area contributed by atoms with Gasteiger partial charge < -0.3 is 25.8 Å². The van der Waals surface area contributed by atoms with E-state index in [1.807, 2.05) is 42.5 Å². The van der Waals surface area contributed by atoms with Crippen LogP contribution in [0.5, 0.6) is 0 Å². The molecule has 33 heavy (non-hydrogen) atoms. The van der Waals surface area contributed by atoms with E-state index in [0.717, 1.165) is 53.4 Å². The van der Waals surface area contributed by atoms with Gasteiger partial charge in [0.15, 0.2) is 6.04 Å². The van der Waals surface area contributed by atoms with Crippen LogP contribution in [-0.2, 0) is 24.3 Å². The van der Waals surface area contributed by atoms with Gasteiger partial charge in [-0.15, -0.1) is 0 Å². The van der Waals surface area contributed by atoms with Crippen molar-refractivity contribution in [2.75, 3.05) is 20.1 Å². The summed E-state index contributed by atoms with van der Waals surface area (Å²) in [6.45, 7) is 2.51. The van der Waals surface area contributed by atoms with Crippen molar-refractivity contribution in [2.24, 2.45) is 5.73 Å². The van der Waals surface area contributed by atoms with E-state index < -0.39 is 10.7 Å². The average Bonchev–Trinajstić information content (AvgIpc) is 3.12. The molecule has 2 aliphatic rings. The Morgan fingerprint density at radius 1 is 1.12 bits per heavy atom. The van der Waals surface area contributed by atoms with Crippen LogP contribution in [0.3, 0.4) is 0 Å². The van der Waals surface area contributed by atoms with Crippen molar-refractivity contribution in [3.63, 3.8) is 0 Å². The van der Waals surface area contributed by atoms with Gasteiger partial charge in [-0.05, 0) is 49.3 Å². The van der Waals surface area contributed by atoms with Gasteiger partial charge in [0.05, 0.1) is 0 Å². The van der Waals surface area contributed by atoms with E-state index >= 15 is 0 Å². The van der Waals surface area contributed by atoms with Crippen molar-refractivity contribution in [1.82, 2.24) is 14.9 Å². The zero-order chi connectivity index (χ0) is 23.0. The van der Waals surface area contributed by atoms with Gasteiger partial charge in [-0.25, -0.2) is 0 Å². The number of hydrogen-bond donors (Lipinski definition) is 2. The number of amides is 1. The zero-order valence-electron chi connectivity index (χ0n) is 19.2. The molecule has 172 valence electrons. The number of benzene rings is 3. The molecule has 1 saturated heterocycles. The molecule has 0 aromatic heterocycles. The van der Waals surface area contributed by atoms with Crippen molar-refractivity contribution >= 4 is 22.4 Å². The summed E-state index contributed by atoms with van der Waals surface area (Å²) >= 11 is 0. The van der Waals surface area contributed by atoms with E-state index in [9.17, 15) is 10.0 Å². The van der Waals surface area contributed by atoms with Gasteiger partial charge >= 0.3 is 0 Å². The normalized spacial score (nSPS) is 23.5. The third-order valence-corrected chi connectivity index (χ3v) is 7.36. The first-order valence-electron chi connectivity index (χ1n) is 11.8. The first-order chi connectivity index (χ1) is 16.0. The third kappa shape index (κ3) is 4.15. The highest BCUT2D eigenvalue weighted by molar-refractivity contribution is 5.89. The van der Waals surface area contributed by atoms with E-state index in [-0.39, 0.29) is 18.5 Å². The van der Waals surface area contributed by atoms with Crippen LogP contribution in [0.25, 0.3) is 10.8 Å². The largest absolute Gasteiger partial charge is 0.627 e. The number of likely N-dealkylation sites (tertiary alicyclic amines) is 1. The fraction of sp³-hybridized carbons (Fsp3) is 0.370. The Balaban J connectivity index is 1.51. The summed E-state index contributed by atoms with van der Waals surface area (Å²) in [6.07, 6.45) is 2.29. The quantitative estimate of drug-likeness (QED) is 0.467. The molecule has 2 atom stereocenters. The molecule has 0 bridgehead atoms. The number of fused-ring (bicyclic) bond motifs is 2. The second-order valence-corrected chi connectivity index (χ2v) is 9.57. The van der Waals surface area contributed by atoms with Gasteiger partial charge in [0.1, 0.15) is 12.2 Å². The van der Waals surface area contributed by atoms with Gasteiger partial charge in [0.25, 0.3) is 5.91 Å². The smallest absolute Gasteiger partial charge is 0.279 e. The van der Waals surface area contributed by atoms with E-state index in [1.54, 1.807) is 0 Å². The summed E-state index contributed by atoms with van der Waals surface area (Å²) < 4.78 is -0.671. The van der Waals surface area contributed by atoms with E-state index in [4.69, 9.17) is 5.73 Å². The number of hydroxylamine groups is 2. The molecule has 0 spiro atoms. The molecule has 3 aromatic rings. The third-order valence-electron chi connectivity index (χ3n) is 7.36. The second-order valence-electron chi connectivity index (χ2n) is 9.57. The molecular weight excluding hydrogens is 412 g/mol. The van der Waals surface area contributed by atoms with Gasteiger partial charge in [-0.2, -0.15) is 0 Å². The molecule has 1 amide bonds. The maximum Gasteiger partial charge on any atom is 0.279 e. The van der Waals surface area contributed by atoms with Crippen LogP contribution >= 0.6 is 0 Å². The highest BCUT2D eigenvalue weighted by atomic mass is 16.6. The van der Waals surface area contributed by atoms with Crippen LogP contribution in [0.15, 0.2) is 60.7 Å². The molecule has 6 nitrogen and oxygen atoms in total. The Morgan fingerprint density at radius 2 is 1.88 bits per heavy atom. The molecule has 0 radical (unpaired) electrons. The molecule has 1 fully saturated rings. The molecule has 5 rings (SSSR count). The standard InChI is InChI=1S/C27H32N4O2/c1-30-13-11-23(12-14-30)29-27(32)26-16-21-10-9-19(17-28)15-25(21)31(26,33)18-22-7-4-6-20-5-2-3-8-24(20)22/h2-10,15,23,26H,11-14,16-18,28H2,1H3,(H,29,32). The molecular formula is C27H32N4O2. The van der Waals surface area contributed by atoms with E-state index in [2.05, 4.69) is 35.5 Å². The lowest BCUT2D eigenvalue weighted by Crippen LogP contribution is -2.58. The lowest BCUT2D eigenvalue weighted by molar-refractivity contribution is -0.126. The summed E-state index contributed by atoms with van der Waals surface area (Å²) in [5.41, 5.74) is 9.40. The predicted octanol–water partition coefficient (Wildman–Crippen LogP) is 3.44. The monoisotopic (exact) mass is 444 g/mol. The molecule has 3 N–H and O–H groups in total. The Kier molecular flexibility index (Phi) is 5.93. The second kappa shape index (κ2) is 8.88. The van der Waals surface area contributed by atoms with Crippen molar-refractivity contribution in [2.45, 2.75) is 44.4 Å². The Hall–Kier alpha value is -2.77. The first kappa shape index (κ1) is 22.0. The topological polar surface area (TPSA) is 81.4 Å². The lowest BCUT2D eigenvalue weighted by Gasteiger charge is -2.44. The minimum Gasteiger partial charge on any atom is -0.627 e. The Labute approximate surface area is 195 Å². The summed E-state index contributed by atoms with van der Waals surface area (Å²) in [5.74, 6) is -0.134. The first-order valence-corrected chi connectivity index (χ1v) is 11.8. The van der Waals surface area contributed by atoms with Crippen molar-refractivity contribution in [1.29, 1.82) is 0 Å². The number of nitrogens with two attached hydrogens (primary N) is 1. The summed E-state index contributed by atoms with van der Waals surface area (Å²) in [7, 11) is 2.10. The number of piperidine rings is 1. The van der Waals surface area contributed by atoms with E-state index in [0.29, 0.717) is 18.7 Å². The van der Waals surface area contributed by atoms with Crippen LogP contribution in [-0.4, -0.2) is 43.0 Å². The molecule has 2 aliphatic heterocycles. The fourth-order valence-electron chi connectivity index (χ4n) is 5.40. The van der Waals surface area contributed by atoms with Gasteiger partial charge in [-0.1, -0.05) is 54.6 Å². The van der Waals surface area contributed by atoms with Crippen LogP contribution < -0.4 is 15.7 Å². The molecule has 0 aliphatic carbocycles. The summed E-state index contributed by atoms with van der Waals surface area (Å²) in [5, 5.41) is 20.1. The number of hydrogen-bond acceptors (Lipinski definition) is 4. The number of carbonyl (C=O) groups excluding carboxylic acids is 1. The number of carbonyl (C=O) groups is 1. The Bertz CT molecular complexity index is 1170. The fourth-order valence-corrected chi connectivity index (χ4v) is 5.40. The minimum atomic E-state index is -0.702. The number of quaternary nitrogens is 1. The molecule has 2 unspecified atom stereocenters. The van der Waals surface area contributed by atoms with Crippen LogP contribution in [0.4, 0.5) is 5.69 Å². The zero-order valence-corrected chi connectivity index (χ0v) is 19.2. The highest BCUT2D eigenvalue weighted by Crippen LogP contribution is 2.41. The van der Waals surface area contributed by atoms with Crippen LogP contribution in [0, 0.1) is 5.21 Å². The molecule has 6 heteroatoms. The van der Waals surface area contributed by atoms with E-state index in [1.165, 1.54) is 0 Å². The van der Waals surface area contributed by atoms with Crippen LogP contribution in [0.1, 0.15) is 29.5 Å². The SMILES string of the molecule is CN1CCC(NC(=O)C2Cc3ccc(CN)cc3[N+]2([O-])Cc2cccc3ccccc23)CC1. The average molecular weight is 445 g/mol. The number of nitrogens with zero attached hydrogens (tertiary/aromatic N) is 2. The van der Waals surface area contributed by atoms with Crippen molar-refractivity contribution in [3.05, 3.63) is 82.6 Å². The minimum absolute atomic E-state index is 0.128. The van der Waals surface area contributed by atoms with Gasteiger partial charge in [0.2, 0.25) is 0 Å². The van der Waals surface area contributed by atoms with Gasteiger partial charge in [-0.3, -0.25) is 4.79 Å². The molecule has 2 heterocycles. The highest BCUT2D eigenvalue weighted by Gasteiger charge is 2.45. The van der Waals surface area contributed by atoms with Crippen molar-refractivity contribution in [3.8, 4) is 0 Å². The van der Waals surface area contributed by atoms with Crippen molar-refractivity contribution < 1.29 is 4.79 Å². The maximum absolute atomic E-state index is 14.7. The summed E-state index contributed by atoms with van der Waals surface area (Å²) in [6, 6.07) is 19.5. The maximum atomic E-state index is 14.7. The number of nitrogens with one attached hydrogen (secondary N) is 1. The number of rotatable bonds is 5. The predicted molar refractivity (Wildman–Crippen MR) is 133 cm³/mol. The van der Waals surface area contributed by atoms with Crippen LogP contribution in [0.2, 0.25) is 0 Å².